The van der Waals surface area contributed by atoms with E-state index in [-0.39, 0.29) is 29.1 Å². The largest absolute Gasteiger partial charge is 0.507 e. The molecule has 9 heteroatoms. The number of Topliss-reactive ketones (excluding diaryl/α,β-unsaturated/α-hetero) is 1. The summed E-state index contributed by atoms with van der Waals surface area (Å²) in [7, 11) is 2.80. The highest BCUT2D eigenvalue weighted by atomic mass is 16.5. The summed E-state index contributed by atoms with van der Waals surface area (Å²) in [6.45, 7) is 3.42. The van der Waals surface area contributed by atoms with Crippen molar-refractivity contribution in [3.63, 3.8) is 0 Å². The maximum atomic E-state index is 13.3. The van der Waals surface area contributed by atoms with Crippen molar-refractivity contribution < 1.29 is 29.0 Å². The lowest BCUT2D eigenvalue weighted by Gasteiger charge is -2.25. The molecule has 0 unspecified atom stereocenters. The van der Waals surface area contributed by atoms with Gasteiger partial charge in [-0.15, -0.1) is 0 Å². The van der Waals surface area contributed by atoms with Gasteiger partial charge in [0.2, 0.25) is 0 Å². The number of aliphatic hydroxyl groups is 1. The highest BCUT2D eigenvalue weighted by Gasteiger charge is 2.46. The standard InChI is InChI=1S/C26H25N3O6/c1-14-19(15(2)28-21(14)26(33)35-4)23(30)20-22(17-7-9-18(34-3)10-8-17)29(25(32)24(20)31)13-16-6-5-11-27-12-16/h5-12,22,28,30H,13H2,1-4H3/t22-/m0/s1. The number of nitrogens with one attached hydrogen (secondary N) is 1. The lowest BCUT2D eigenvalue weighted by Crippen LogP contribution is -2.29. The number of likely N-dealkylation sites (tertiary alicyclic amines) is 1. The summed E-state index contributed by atoms with van der Waals surface area (Å²) in [4.78, 5) is 47.1. The molecule has 1 aliphatic rings. The van der Waals surface area contributed by atoms with Crippen molar-refractivity contribution in [2.75, 3.05) is 14.2 Å². The van der Waals surface area contributed by atoms with Crippen molar-refractivity contribution in [3.8, 4) is 5.75 Å². The monoisotopic (exact) mass is 475 g/mol. The van der Waals surface area contributed by atoms with Crippen LogP contribution in [0.5, 0.6) is 5.75 Å². The first-order valence-corrected chi connectivity index (χ1v) is 10.9. The number of H-pyrrole nitrogens is 1. The normalized spacial score (nSPS) is 17.0. The Morgan fingerprint density at radius 3 is 2.46 bits per heavy atom. The van der Waals surface area contributed by atoms with E-state index in [1.54, 1.807) is 69.7 Å². The minimum Gasteiger partial charge on any atom is -0.507 e. The van der Waals surface area contributed by atoms with Crippen molar-refractivity contribution in [1.29, 1.82) is 0 Å². The summed E-state index contributed by atoms with van der Waals surface area (Å²) in [6, 6.07) is 9.63. The fraction of sp³-hybridized carbons (Fsp3) is 0.231. The van der Waals surface area contributed by atoms with Crippen molar-refractivity contribution in [3.05, 3.63) is 88.0 Å². The van der Waals surface area contributed by atoms with Crippen LogP contribution in [0.25, 0.3) is 5.76 Å². The third-order valence-electron chi connectivity index (χ3n) is 6.11. The Labute approximate surface area is 202 Å². The van der Waals surface area contributed by atoms with Gasteiger partial charge in [-0.2, -0.15) is 0 Å². The van der Waals surface area contributed by atoms with Crippen LogP contribution in [0.15, 0.2) is 54.4 Å². The average Bonchev–Trinajstić information content (AvgIpc) is 3.31. The Morgan fingerprint density at radius 2 is 1.86 bits per heavy atom. The fourth-order valence-electron chi connectivity index (χ4n) is 4.41. The smallest absolute Gasteiger partial charge is 0.354 e. The molecular weight excluding hydrogens is 450 g/mol. The molecule has 2 aromatic heterocycles. The van der Waals surface area contributed by atoms with E-state index in [9.17, 15) is 19.5 Å². The van der Waals surface area contributed by atoms with Crippen LogP contribution >= 0.6 is 0 Å². The molecule has 1 saturated heterocycles. The Bertz CT molecular complexity index is 1330. The van der Waals surface area contributed by atoms with Gasteiger partial charge in [0.05, 0.1) is 25.8 Å². The SMILES string of the molecule is COC(=O)c1[nH]c(C)c(C(O)=C2C(=O)C(=O)N(Cc3cccnc3)[C@H]2c2ccc(OC)cc2)c1C. The molecule has 1 fully saturated rings. The summed E-state index contributed by atoms with van der Waals surface area (Å²) < 4.78 is 10.1. The molecule has 1 aromatic carbocycles. The minimum atomic E-state index is -0.864. The third kappa shape index (κ3) is 4.16. The predicted octanol–water partition coefficient (Wildman–Crippen LogP) is 3.44. The highest BCUT2D eigenvalue weighted by molar-refractivity contribution is 6.46. The molecule has 0 bridgehead atoms. The fourth-order valence-corrected chi connectivity index (χ4v) is 4.41. The zero-order chi connectivity index (χ0) is 25.3. The number of hydrogen-bond acceptors (Lipinski definition) is 7. The summed E-state index contributed by atoms with van der Waals surface area (Å²) in [6.07, 6.45) is 3.24. The Kier molecular flexibility index (Phi) is 6.42. The first-order chi connectivity index (χ1) is 16.8. The van der Waals surface area contributed by atoms with E-state index in [4.69, 9.17) is 9.47 Å². The second kappa shape index (κ2) is 9.46. The van der Waals surface area contributed by atoms with Gasteiger partial charge in [0.15, 0.2) is 0 Å². The van der Waals surface area contributed by atoms with E-state index in [0.717, 1.165) is 5.56 Å². The molecule has 0 saturated carbocycles. The first kappa shape index (κ1) is 23.7. The topological polar surface area (TPSA) is 122 Å². The first-order valence-electron chi connectivity index (χ1n) is 10.9. The maximum absolute atomic E-state index is 13.3. The maximum Gasteiger partial charge on any atom is 0.354 e. The van der Waals surface area contributed by atoms with E-state index >= 15 is 0 Å². The number of ketones is 1. The molecule has 0 radical (unpaired) electrons. The molecule has 3 heterocycles. The van der Waals surface area contributed by atoms with E-state index in [0.29, 0.717) is 22.6 Å². The number of rotatable bonds is 6. The quantitative estimate of drug-likeness (QED) is 0.242. The van der Waals surface area contributed by atoms with Crippen molar-refractivity contribution in [1.82, 2.24) is 14.9 Å². The van der Waals surface area contributed by atoms with Gasteiger partial charge in [0.1, 0.15) is 17.2 Å². The highest BCUT2D eigenvalue weighted by Crippen LogP contribution is 2.42. The van der Waals surface area contributed by atoms with Crippen molar-refractivity contribution >= 4 is 23.4 Å². The van der Waals surface area contributed by atoms with Crippen LogP contribution < -0.4 is 4.74 Å². The zero-order valence-corrected chi connectivity index (χ0v) is 19.8. The van der Waals surface area contributed by atoms with Crippen LogP contribution in [0.1, 0.15) is 44.5 Å². The summed E-state index contributed by atoms with van der Waals surface area (Å²) in [5.74, 6) is -1.91. The van der Waals surface area contributed by atoms with Crippen LogP contribution in [-0.4, -0.2) is 51.9 Å². The summed E-state index contributed by atoms with van der Waals surface area (Å²) in [5.41, 5.74) is 2.61. The molecule has 2 N–H and O–H groups in total. The number of amides is 1. The van der Waals surface area contributed by atoms with Gasteiger partial charge in [-0.1, -0.05) is 18.2 Å². The van der Waals surface area contributed by atoms with Gasteiger partial charge in [-0.3, -0.25) is 14.6 Å². The van der Waals surface area contributed by atoms with E-state index in [1.807, 2.05) is 0 Å². The van der Waals surface area contributed by atoms with Gasteiger partial charge in [0.25, 0.3) is 11.7 Å². The number of ether oxygens (including phenoxy) is 2. The number of hydrogen-bond donors (Lipinski definition) is 2. The van der Waals surface area contributed by atoms with Crippen LogP contribution in [0.3, 0.4) is 0 Å². The molecule has 35 heavy (non-hydrogen) atoms. The summed E-state index contributed by atoms with van der Waals surface area (Å²) in [5, 5.41) is 11.4. The predicted molar refractivity (Wildman–Crippen MR) is 127 cm³/mol. The van der Waals surface area contributed by atoms with E-state index in [2.05, 4.69) is 9.97 Å². The molecule has 9 nitrogen and oxygen atoms in total. The van der Waals surface area contributed by atoms with Crippen LogP contribution in [0, 0.1) is 13.8 Å². The number of aromatic amines is 1. The molecular formula is C26H25N3O6. The minimum absolute atomic E-state index is 0.0642. The second-order valence-electron chi connectivity index (χ2n) is 8.18. The molecule has 180 valence electrons. The Hall–Kier alpha value is -4.40. The van der Waals surface area contributed by atoms with Gasteiger partial charge >= 0.3 is 5.97 Å². The Morgan fingerprint density at radius 1 is 1.14 bits per heavy atom. The number of carbonyl (C=O) groups excluding carboxylic acids is 3. The van der Waals surface area contributed by atoms with Gasteiger partial charge in [-0.05, 0) is 48.7 Å². The van der Waals surface area contributed by atoms with E-state index < -0.39 is 23.7 Å². The molecule has 4 rings (SSSR count). The number of methoxy groups -OCH3 is 2. The van der Waals surface area contributed by atoms with Crippen molar-refractivity contribution in [2.24, 2.45) is 0 Å². The van der Waals surface area contributed by atoms with Crippen LogP contribution in [0.2, 0.25) is 0 Å². The molecule has 3 aromatic rings. The number of carbonyl (C=O) groups is 3. The number of aromatic nitrogens is 2. The molecule has 0 spiro atoms. The average molecular weight is 476 g/mol. The number of nitrogens with zero attached hydrogens (tertiary/aromatic N) is 2. The van der Waals surface area contributed by atoms with E-state index in [1.165, 1.54) is 12.0 Å². The summed E-state index contributed by atoms with van der Waals surface area (Å²) >= 11 is 0. The number of aliphatic hydroxyl groups excluding tert-OH is 1. The van der Waals surface area contributed by atoms with Gasteiger partial charge in [0, 0.05) is 30.2 Å². The zero-order valence-electron chi connectivity index (χ0n) is 19.8. The Balaban J connectivity index is 1.90. The number of aryl methyl sites for hydroxylation is 1. The van der Waals surface area contributed by atoms with Crippen molar-refractivity contribution in [2.45, 2.75) is 26.4 Å². The molecule has 1 amide bonds. The van der Waals surface area contributed by atoms with Crippen LogP contribution in [0.4, 0.5) is 0 Å². The van der Waals surface area contributed by atoms with Gasteiger partial charge in [-0.25, -0.2) is 4.79 Å². The lowest BCUT2D eigenvalue weighted by molar-refractivity contribution is -0.140. The third-order valence-corrected chi connectivity index (χ3v) is 6.11. The second-order valence-corrected chi connectivity index (χ2v) is 8.18. The molecule has 0 aliphatic carbocycles. The molecule has 1 aliphatic heterocycles. The van der Waals surface area contributed by atoms with Gasteiger partial charge < -0.3 is 24.5 Å². The molecule has 1 atom stereocenters. The number of pyridine rings is 1. The number of benzene rings is 1. The lowest BCUT2D eigenvalue weighted by atomic mass is 9.94. The number of esters is 1. The van der Waals surface area contributed by atoms with Crippen LogP contribution in [-0.2, 0) is 20.9 Å².